The molecule has 0 bridgehead atoms. The lowest BCUT2D eigenvalue weighted by atomic mass is 10.0. The van der Waals surface area contributed by atoms with Gasteiger partial charge < -0.3 is 5.32 Å². The molecule has 3 nitrogen and oxygen atoms in total. The average Bonchev–Trinajstić information content (AvgIpc) is 2.29. The summed E-state index contributed by atoms with van der Waals surface area (Å²) in [5.74, 6) is 0.452. The van der Waals surface area contributed by atoms with Gasteiger partial charge in [-0.05, 0) is 31.4 Å². The standard InChI is InChI=1S/C13H19ClN2O/c1-4-9(2)8-10(3)16-13(17)11-6-5-7-15-12(11)14/h5-7,9-10H,4,8H2,1-3H3,(H,16,17). The van der Waals surface area contributed by atoms with E-state index in [-0.39, 0.29) is 17.1 Å². The lowest BCUT2D eigenvalue weighted by molar-refractivity contribution is 0.0935. The van der Waals surface area contributed by atoms with Crippen LogP contribution in [0.3, 0.4) is 0 Å². The van der Waals surface area contributed by atoms with Crippen molar-refractivity contribution in [3.8, 4) is 0 Å². The van der Waals surface area contributed by atoms with Crippen LogP contribution >= 0.6 is 11.6 Å². The minimum absolute atomic E-state index is 0.147. The molecular weight excluding hydrogens is 236 g/mol. The molecule has 1 rings (SSSR count). The molecule has 4 heteroatoms. The number of carbonyl (C=O) groups excluding carboxylic acids is 1. The van der Waals surface area contributed by atoms with Crippen LogP contribution in [0.15, 0.2) is 18.3 Å². The van der Waals surface area contributed by atoms with Crippen LogP contribution in [-0.2, 0) is 0 Å². The maximum absolute atomic E-state index is 11.9. The van der Waals surface area contributed by atoms with Crippen LogP contribution in [0.25, 0.3) is 0 Å². The number of pyridine rings is 1. The number of hydrogen-bond donors (Lipinski definition) is 1. The van der Waals surface area contributed by atoms with Gasteiger partial charge in [0.15, 0.2) is 0 Å². The minimum Gasteiger partial charge on any atom is -0.349 e. The zero-order valence-corrected chi connectivity index (χ0v) is 11.3. The lowest BCUT2D eigenvalue weighted by Gasteiger charge is -2.17. The summed E-state index contributed by atoms with van der Waals surface area (Å²) in [6.45, 7) is 6.34. The fraction of sp³-hybridized carbons (Fsp3) is 0.538. The fourth-order valence-corrected chi connectivity index (χ4v) is 1.89. The van der Waals surface area contributed by atoms with E-state index in [1.807, 2.05) is 6.92 Å². The summed E-state index contributed by atoms with van der Waals surface area (Å²) in [7, 11) is 0. The Morgan fingerprint density at radius 1 is 1.53 bits per heavy atom. The number of nitrogens with zero attached hydrogens (tertiary/aromatic N) is 1. The predicted molar refractivity (Wildman–Crippen MR) is 70.2 cm³/mol. The molecule has 0 aromatic carbocycles. The van der Waals surface area contributed by atoms with Gasteiger partial charge in [-0.3, -0.25) is 4.79 Å². The molecule has 2 unspecified atom stereocenters. The average molecular weight is 255 g/mol. The molecule has 0 saturated heterocycles. The minimum atomic E-state index is -0.154. The van der Waals surface area contributed by atoms with Crippen molar-refractivity contribution in [1.82, 2.24) is 10.3 Å². The largest absolute Gasteiger partial charge is 0.349 e. The molecule has 1 heterocycles. The summed E-state index contributed by atoms with van der Waals surface area (Å²) in [5, 5.41) is 3.19. The molecule has 0 aliphatic heterocycles. The van der Waals surface area contributed by atoms with Crippen LogP contribution in [0.4, 0.5) is 0 Å². The third kappa shape index (κ3) is 4.35. The van der Waals surface area contributed by atoms with Crippen LogP contribution in [0.1, 0.15) is 44.0 Å². The van der Waals surface area contributed by atoms with Crippen LogP contribution in [0, 0.1) is 5.92 Å². The molecule has 0 saturated carbocycles. The molecule has 1 aromatic rings. The monoisotopic (exact) mass is 254 g/mol. The normalized spacial score (nSPS) is 14.1. The van der Waals surface area contributed by atoms with Gasteiger partial charge >= 0.3 is 0 Å². The quantitative estimate of drug-likeness (QED) is 0.820. The molecule has 2 atom stereocenters. The van der Waals surface area contributed by atoms with E-state index in [1.54, 1.807) is 18.3 Å². The fourth-order valence-electron chi connectivity index (χ4n) is 1.69. The molecule has 1 aromatic heterocycles. The van der Waals surface area contributed by atoms with Crippen molar-refractivity contribution in [3.05, 3.63) is 29.0 Å². The number of hydrogen-bond acceptors (Lipinski definition) is 2. The second-order valence-electron chi connectivity index (χ2n) is 4.47. The highest BCUT2D eigenvalue weighted by Crippen LogP contribution is 2.13. The van der Waals surface area contributed by atoms with E-state index in [1.165, 1.54) is 0 Å². The van der Waals surface area contributed by atoms with Gasteiger partial charge in [0.05, 0.1) is 5.56 Å². The molecule has 0 aliphatic rings. The molecule has 0 radical (unpaired) electrons. The number of rotatable bonds is 5. The van der Waals surface area contributed by atoms with E-state index >= 15 is 0 Å². The van der Waals surface area contributed by atoms with E-state index < -0.39 is 0 Å². The van der Waals surface area contributed by atoms with Crippen LogP contribution in [0.5, 0.6) is 0 Å². The SMILES string of the molecule is CCC(C)CC(C)NC(=O)c1cccnc1Cl. The molecule has 0 fully saturated rings. The van der Waals surface area contributed by atoms with Gasteiger partial charge in [-0.2, -0.15) is 0 Å². The van der Waals surface area contributed by atoms with Gasteiger partial charge in [-0.25, -0.2) is 4.98 Å². The maximum Gasteiger partial charge on any atom is 0.254 e. The van der Waals surface area contributed by atoms with Gasteiger partial charge in [-0.15, -0.1) is 0 Å². The summed E-state index contributed by atoms with van der Waals surface area (Å²) in [5.41, 5.74) is 0.435. The summed E-state index contributed by atoms with van der Waals surface area (Å²) in [6, 6.07) is 3.54. The van der Waals surface area contributed by atoms with Crippen molar-refractivity contribution in [2.45, 2.75) is 39.7 Å². The Bertz CT molecular complexity index is 381. The third-order valence-corrected chi connectivity index (χ3v) is 3.14. The Labute approximate surface area is 108 Å². The van der Waals surface area contributed by atoms with Crippen molar-refractivity contribution >= 4 is 17.5 Å². The summed E-state index contributed by atoms with van der Waals surface area (Å²) in [6.07, 6.45) is 3.66. The Kier molecular flexibility index (Phi) is 5.42. The summed E-state index contributed by atoms with van der Waals surface area (Å²) in [4.78, 5) is 15.8. The van der Waals surface area contributed by atoms with Crippen LogP contribution in [0.2, 0.25) is 5.15 Å². The first kappa shape index (κ1) is 14.0. The number of aromatic nitrogens is 1. The predicted octanol–water partition coefficient (Wildman–Crippen LogP) is 3.29. The lowest BCUT2D eigenvalue weighted by Crippen LogP contribution is -2.33. The molecule has 0 spiro atoms. The van der Waals surface area contributed by atoms with E-state index in [0.717, 1.165) is 12.8 Å². The van der Waals surface area contributed by atoms with Gasteiger partial charge in [0.1, 0.15) is 5.15 Å². The second-order valence-corrected chi connectivity index (χ2v) is 4.82. The summed E-state index contributed by atoms with van der Waals surface area (Å²) >= 11 is 5.86. The Morgan fingerprint density at radius 2 is 2.24 bits per heavy atom. The Morgan fingerprint density at radius 3 is 2.82 bits per heavy atom. The van der Waals surface area contributed by atoms with E-state index in [2.05, 4.69) is 24.1 Å². The van der Waals surface area contributed by atoms with Crippen molar-refractivity contribution in [2.75, 3.05) is 0 Å². The van der Waals surface area contributed by atoms with Crippen molar-refractivity contribution in [3.63, 3.8) is 0 Å². The van der Waals surface area contributed by atoms with Crippen molar-refractivity contribution in [1.29, 1.82) is 0 Å². The topological polar surface area (TPSA) is 42.0 Å². The Balaban J connectivity index is 2.58. The van der Waals surface area contributed by atoms with Gasteiger partial charge in [-0.1, -0.05) is 31.9 Å². The zero-order chi connectivity index (χ0) is 12.8. The van der Waals surface area contributed by atoms with Gasteiger partial charge in [0.2, 0.25) is 0 Å². The maximum atomic E-state index is 11.9. The number of carbonyl (C=O) groups is 1. The highest BCUT2D eigenvalue weighted by Gasteiger charge is 2.14. The molecule has 1 amide bonds. The first-order valence-corrected chi connectivity index (χ1v) is 6.33. The van der Waals surface area contributed by atoms with Crippen LogP contribution in [-0.4, -0.2) is 16.9 Å². The number of halogens is 1. The number of amides is 1. The molecular formula is C13H19ClN2O. The van der Waals surface area contributed by atoms with E-state index in [9.17, 15) is 4.79 Å². The first-order chi connectivity index (χ1) is 8.04. The van der Waals surface area contributed by atoms with E-state index in [4.69, 9.17) is 11.6 Å². The summed E-state index contributed by atoms with van der Waals surface area (Å²) < 4.78 is 0. The van der Waals surface area contributed by atoms with Gasteiger partial charge in [0, 0.05) is 12.2 Å². The smallest absolute Gasteiger partial charge is 0.254 e. The molecule has 0 aliphatic carbocycles. The Hall–Kier alpha value is -1.09. The van der Waals surface area contributed by atoms with Crippen LogP contribution < -0.4 is 5.32 Å². The molecule has 94 valence electrons. The number of nitrogens with one attached hydrogen (secondary N) is 1. The highest BCUT2D eigenvalue weighted by atomic mass is 35.5. The molecule has 1 N–H and O–H groups in total. The molecule has 17 heavy (non-hydrogen) atoms. The van der Waals surface area contributed by atoms with Crippen molar-refractivity contribution < 1.29 is 4.79 Å². The van der Waals surface area contributed by atoms with Gasteiger partial charge in [0.25, 0.3) is 5.91 Å². The first-order valence-electron chi connectivity index (χ1n) is 5.96. The second kappa shape index (κ2) is 6.60. The third-order valence-electron chi connectivity index (χ3n) is 2.83. The van der Waals surface area contributed by atoms with E-state index in [0.29, 0.717) is 11.5 Å². The highest BCUT2D eigenvalue weighted by molar-refractivity contribution is 6.32. The van der Waals surface area contributed by atoms with Crippen molar-refractivity contribution in [2.24, 2.45) is 5.92 Å². The zero-order valence-electron chi connectivity index (χ0n) is 10.5.